The number of piperidine rings is 1. The van der Waals surface area contributed by atoms with Crippen molar-refractivity contribution in [1.82, 2.24) is 20.1 Å². The van der Waals surface area contributed by atoms with Gasteiger partial charge in [-0.05, 0) is 37.5 Å². The molecule has 25 heavy (non-hydrogen) atoms. The Morgan fingerprint density at radius 3 is 2.64 bits per heavy atom. The second-order valence-corrected chi connectivity index (χ2v) is 7.09. The van der Waals surface area contributed by atoms with Crippen molar-refractivity contribution in [3.63, 3.8) is 0 Å². The first kappa shape index (κ1) is 17.5. The van der Waals surface area contributed by atoms with E-state index in [2.05, 4.69) is 15.2 Å². The van der Waals surface area contributed by atoms with Gasteiger partial charge >= 0.3 is 0 Å². The zero-order valence-corrected chi connectivity index (χ0v) is 15.1. The lowest BCUT2D eigenvalue weighted by molar-refractivity contribution is -0.130. The van der Waals surface area contributed by atoms with Gasteiger partial charge in [0.25, 0.3) is 5.91 Å². The summed E-state index contributed by atoms with van der Waals surface area (Å²) in [6.45, 7) is 4.15. The molecule has 1 fully saturated rings. The molecule has 0 saturated carbocycles. The number of carbonyl (C=O) groups is 2. The summed E-state index contributed by atoms with van der Waals surface area (Å²) in [5.74, 6) is 0.0625. The number of amides is 2. The lowest BCUT2D eigenvalue weighted by Crippen LogP contribution is -2.47. The molecule has 1 aromatic heterocycles. The molecule has 6 heteroatoms. The van der Waals surface area contributed by atoms with Gasteiger partial charge in [0.2, 0.25) is 5.91 Å². The molecule has 1 saturated heterocycles. The van der Waals surface area contributed by atoms with Crippen LogP contribution >= 0.6 is 0 Å². The quantitative estimate of drug-likeness (QED) is 0.890. The number of nitrogens with one attached hydrogen (secondary N) is 2. The van der Waals surface area contributed by atoms with Crippen molar-refractivity contribution in [2.24, 2.45) is 0 Å². The van der Waals surface area contributed by atoms with Crippen LogP contribution in [0.1, 0.15) is 28.9 Å². The molecule has 2 heterocycles. The van der Waals surface area contributed by atoms with E-state index in [9.17, 15) is 9.59 Å². The van der Waals surface area contributed by atoms with Crippen molar-refractivity contribution in [3.05, 3.63) is 35.5 Å². The molecular formula is C19H26N4O2. The smallest absolute Gasteiger partial charge is 0.267 e. The van der Waals surface area contributed by atoms with Crippen LogP contribution in [0.3, 0.4) is 0 Å². The molecule has 2 amide bonds. The van der Waals surface area contributed by atoms with Gasteiger partial charge < -0.3 is 15.2 Å². The highest BCUT2D eigenvalue weighted by atomic mass is 16.2. The summed E-state index contributed by atoms with van der Waals surface area (Å²) in [6.07, 6.45) is 1.73. The molecule has 1 aliphatic heterocycles. The first-order valence-corrected chi connectivity index (χ1v) is 8.75. The Hall–Kier alpha value is -2.34. The first-order valence-electron chi connectivity index (χ1n) is 8.75. The molecule has 3 rings (SSSR count). The molecule has 0 unspecified atom stereocenters. The Morgan fingerprint density at radius 2 is 1.96 bits per heavy atom. The number of likely N-dealkylation sites (N-methyl/N-ethyl adjacent to an activating group) is 1. The fraction of sp³-hybridized carbons (Fsp3) is 0.474. The van der Waals surface area contributed by atoms with E-state index in [1.807, 2.05) is 31.2 Å². The van der Waals surface area contributed by atoms with E-state index in [4.69, 9.17) is 0 Å². The molecule has 2 N–H and O–H groups in total. The summed E-state index contributed by atoms with van der Waals surface area (Å²) in [5, 5.41) is 4.16. The minimum atomic E-state index is -0.0586. The average molecular weight is 342 g/mol. The topological polar surface area (TPSA) is 68.4 Å². The van der Waals surface area contributed by atoms with Crippen molar-refractivity contribution in [1.29, 1.82) is 0 Å². The maximum atomic E-state index is 12.5. The third kappa shape index (κ3) is 4.20. The van der Waals surface area contributed by atoms with Gasteiger partial charge in [-0.25, -0.2) is 0 Å². The fourth-order valence-corrected chi connectivity index (χ4v) is 3.19. The number of rotatable bonds is 4. The number of aryl methyl sites for hydroxylation is 1. The van der Waals surface area contributed by atoms with Crippen molar-refractivity contribution < 1.29 is 9.59 Å². The number of likely N-dealkylation sites (tertiary alicyclic amines) is 1. The van der Waals surface area contributed by atoms with E-state index in [1.165, 1.54) is 5.56 Å². The number of benzene rings is 1. The van der Waals surface area contributed by atoms with E-state index in [0.29, 0.717) is 12.2 Å². The molecule has 0 atom stereocenters. The summed E-state index contributed by atoms with van der Waals surface area (Å²) >= 11 is 0. The number of fused-ring (bicyclic) bond motifs is 1. The highest BCUT2D eigenvalue weighted by Gasteiger charge is 2.23. The van der Waals surface area contributed by atoms with Gasteiger partial charge in [-0.3, -0.25) is 14.5 Å². The third-order valence-electron chi connectivity index (χ3n) is 4.80. The number of H-pyrrole nitrogens is 1. The summed E-state index contributed by atoms with van der Waals surface area (Å²) in [6, 6.07) is 8.17. The number of aromatic nitrogens is 1. The van der Waals surface area contributed by atoms with Gasteiger partial charge in [0.15, 0.2) is 0 Å². The number of carbonyl (C=O) groups excluding carboxylic acids is 2. The predicted octanol–water partition coefficient (Wildman–Crippen LogP) is 1.76. The molecule has 1 aromatic carbocycles. The molecule has 0 spiro atoms. The highest BCUT2D eigenvalue weighted by molar-refractivity contribution is 5.98. The molecule has 6 nitrogen and oxygen atoms in total. The minimum Gasteiger partial charge on any atom is -0.351 e. The monoisotopic (exact) mass is 342 g/mol. The van der Waals surface area contributed by atoms with E-state index < -0.39 is 0 Å². The molecule has 2 aromatic rings. The average Bonchev–Trinajstić information content (AvgIpc) is 2.99. The Kier molecular flexibility index (Phi) is 5.08. The molecule has 0 aliphatic carbocycles. The van der Waals surface area contributed by atoms with Crippen LogP contribution in [0.4, 0.5) is 0 Å². The molecule has 0 bridgehead atoms. The van der Waals surface area contributed by atoms with E-state index in [-0.39, 0.29) is 17.9 Å². The Balaban J connectivity index is 1.54. The van der Waals surface area contributed by atoms with Gasteiger partial charge in [0, 0.05) is 44.1 Å². The van der Waals surface area contributed by atoms with Crippen molar-refractivity contribution in [2.45, 2.75) is 25.8 Å². The Bertz CT molecular complexity index is 773. The van der Waals surface area contributed by atoms with E-state index in [0.717, 1.165) is 36.8 Å². The highest BCUT2D eigenvalue weighted by Crippen LogP contribution is 2.17. The van der Waals surface area contributed by atoms with Crippen LogP contribution in [0.5, 0.6) is 0 Å². The largest absolute Gasteiger partial charge is 0.351 e. The van der Waals surface area contributed by atoms with Crippen molar-refractivity contribution >= 4 is 22.7 Å². The van der Waals surface area contributed by atoms with Crippen LogP contribution < -0.4 is 5.32 Å². The van der Waals surface area contributed by atoms with Gasteiger partial charge in [0.1, 0.15) is 5.69 Å². The first-order chi connectivity index (χ1) is 11.9. The van der Waals surface area contributed by atoms with Gasteiger partial charge in [-0.1, -0.05) is 12.1 Å². The summed E-state index contributed by atoms with van der Waals surface area (Å²) in [7, 11) is 3.55. The summed E-state index contributed by atoms with van der Waals surface area (Å²) < 4.78 is 0. The molecular weight excluding hydrogens is 316 g/mol. The summed E-state index contributed by atoms with van der Waals surface area (Å²) in [4.78, 5) is 31.2. The van der Waals surface area contributed by atoms with Gasteiger partial charge in [-0.15, -0.1) is 0 Å². The predicted molar refractivity (Wildman–Crippen MR) is 98.7 cm³/mol. The lowest BCUT2D eigenvalue weighted by atomic mass is 10.0. The molecule has 134 valence electrons. The third-order valence-corrected chi connectivity index (χ3v) is 4.80. The Morgan fingerprint density at radius 1 is 1.24 bits per heavy atom. The van der Waals surface area contributed by atoms with E-state index in [1.54, 1.807) is 19.0 Å². The van der Waals surface area contributed by atoms with Crippen molar-refractivity contribution in [3.8, 4) is 0 Å². The molecule has 1 aliphatic rings. The maximum absolute atomic E-state index is 12.5. The van der Waals surface area contributed by atoms with E-state index >= 15 is 0 Å². The molecule has 0 radical (unpaired) electrons. The second kappa shape index (κ2) is 7.27. The van der Waals surface area contributed by atoms with Crippen molar-refractivity contribution in [2.75, 3.05) is 33.7 Å². The van der Waals surface area contributed by atoms with Gasteiger partial charge in [0.05, 0.1) is 6.54 Å². The fourth-order valence-electron chi connectivity index (χ4n) is 3.19. The summed E-state index contributed by atoms with van der Waals surface area (Å²) in [5.41, 5.74) is 2.76. The zero-order valence-electron chi connectivity index (χ0n) is 15.1. The number of aromatic amines is 1. The van der Waals surface area contributed by atoms with Crippen LogP contribution in [0, 0.1) is 6.92 Å². The van der Waals surface area contributed by atoms with Crippen LogP contribution in [0.2, 0.25) is 0 Å². The van der Waals surface area contributed by atoms with Crippen LogP contribution in [-0.4, -0.2) is 66.4 Å². The lowest BCUT2D eigenvalue weighted by Gasteiger charge is -2.32. The minimum absolute atomic E-state index is 0.0586. The maximum Gasteiger partial charge on any atom is 0.267 e. The SMILES string of the molecule is Cc1ccc2cc(C(=O)NC3CCN(CC(=O)N(C)C)CC3)[nH]c2c1. The van der Waals surface area contributed by atoms with Crippen LogP contribution in [0.15, 0.2) is 24.3 Å². The zero-order chi connectivity index (χ0) is 18.0. The number of nitrogens with zero attached hydrogens (tertiary/aromatic N) is 2. The normalized spacial score (nSPS) is 16.1. The van der Waals surface area contributed by atoms with Crippen LogP contribution in [-0.2, 0) is 4.79 Å². The van der Waals surface area contributed by atoms with Gasteiger partial charge in [-0.2, -0.15) is 0 Å². The number of hydrogen-bond acceptors (Lipinski definition) is 3. The second-order valence-electron chi connectivity index (χ2n) is 7.09. The standard InChI is InChI=1S/C19H26N4O2/c1-13-4-5-14-11-17(21-16(14)10-13)19(25)20-15-6-8-23(9-7-15)12-18(24)22(2)3/h4-5,10-11,15,21H,6-9,12H2,1-3H3,(H,20,25). The number of hydrogen-bond donors (Lipinski definition) is 2. The Labute approximate surface area is 148 Å². The van der Waals surface area contributed by atoms with Crippen LogP contribution in [0.25, 0.3) is 10.9 Å².